The van der Waals surface area contributed by atoms with E-state index in [1.165, 1.54) is 0 Å². The Bertz CT molecular complexity index is 295. The van der Waals surface area contributed by atoms with Crippen molar-refractivity contribution in [2.75, 3.05) is 0 Å². The zero-order chi connectivity index (χ0) is 8.77. The molecule has 0 bridgehead atoms. The van der Waals surface area contributed by atoms with Crippen molar-refractivity contribution in [3.05, 3.63) is 23.3 Å². The topological polar surface area (TPSA) is 29.1 Å². The van der Waals surface area contributed by atoms with Crippen LogP contribution in [-0.4, -0.2) is 11.2 Å². The molecule has 0 aliphatic carbocycles. The average Bonchev–Trinajstić information content (AvgIpc) is 2.41. The van der Waals surface area contributed by atoms with Crippen LogP contribution >= 0.6 is 11.8 Å². The molecule has 12 heavy (non-hydrogen) atoms. The molecule has 0 saturated heterocycles. The largest absolute Gasteiger partial charge is 0.369 e. The van der Waals surface area contributed by atoms with E-state index in [2.05, 4.69) is 23.7 Å². The molecule has 1 N–H and O–H groups in total. The Balaban J connectivity index is 2.31. The highest BCUT2D eigenvalue weighted by molar-refractivity contribution is 8.03. The first-order valence-corrected chi connectivity index (χ1v) is 4.90. The lowest BCUT2D eigenvalue weighted by atomic mass is 9.92. The number of Topliss-reactive ketones (excluding diaryl/α,β-unsaturated/α-hetero) is 1. The third kappa shape index (κ3) is 1.00. The zero-order valence-corrected chi connectivity index (χ0v) is 7.94. The van der Waals surface area contributed by atoms with Crippen LogP contribution in [-0.2, 0) is 4.79 Å². The summed E-state index contributed by atoms with van der Waals surface area (Å²) < 4.78 is 0. The molecular weight excluding hydrogens is 170 g/mol. The number of hydrogen-bond donors (Lipinski definition) is 1. The fourth-order valence-corrected chi connectivity index (χ4v) is 2.67. The monoisotopic (exact) mass is 181 g/mol. The number of nitrogens with one attached hydrogen (secondary N) is 1. The van der Waals surface area contributed by atoms with E-state index in [4.69, 9.17) is 0 Å². The number of fused-ring (bicyclic) bond motifs is 1. The van der Waals surface area contributed by atoms with Crippen LogP contribution in [0.2, 0.25) is 0 Å². The third-order valence-corrected chi connectivity index (χ3v) is 3.52. The molecule has 0 aromatic rings. The van der Waals surface area contributed by atoms with E-state index < -0.39 is 0 Å². The molecular formula is C9H11NOS. The first-order valence-electron chi connectivity index (χ1n) is 3.95. The average molecular weight is 181 g/mol. The highest BCUT2D eigenvalue weighted by Gasteiger charge is 2.40. The predicted octanol–water partition coefficient (Wildman–Crippen LogP) is 1.66. The molecule has 3 heteroatoms. The SMILES string of the molecule is CC(=O)C1=CC2(C)C=CSC2N1. The van der Waals surface area contributed by atoms with Crippen LogP contribution in [0.15, 0.2) is 23.3 Å². The maximum absolute atomic E-state index is 11.1. The van der Waals surface area contributed by atoms with E-state index in [-0.39, 0.29) is 11.2 Å². The lowest BCUT2D eigenvalue weighted by Gasteiger charge is -2.19. The highest BCUT2D eigenvalue weighted by Crippen LogP contribution is 2.44. The van der Waals surface area contributed by atoms with Crippen molar-refractivity contribution in [3.63, 3.8) is 0 Å². The Hall–Kier alpha value is -0.700. The summed E-state index contributed by atoms with van der Waals surface area (Å²) in [7, 11) is 0. The van der Waals surface area contributed by atoms with E-state index >= 15 is 0 Å². The van der Waals surface area contributed by atoms with Crippen LogP contribution in [0.25, 0.3) is 0 Å². The maximum atomic E-state index is 11.1. The van der Waals surface area contributed by atoms with E-state index in [1.54, 1.807) is 18.7 Å². The number of carbonyl (C=O) groups is 1. The van der Waals surface area contributed by atoms with Gasteiger partial charge in [0.05, 0.1) is 11.1 Å². The Morgan fingerprint density at radius 2 is 2.50 bits per heavy atom. The normalized spacial score (nSPS) is 37.5. The number of hydrogen-bond acceptors (Lipinski definition) is 3. The van der Waals surface area contributed by atoms with Crippen LogP contribution in [0.3, 0.4) is 0 Å². The molecule has 0 fully saturated rings. The molecule has 0 aromatic heterocycles. The van der Waals surface area contributed by atoms with Gasteiger partial charge in [-0.3, -0.25) is 4.79 Å². The standard InChI is InChI=1S/C9H11NOS/c1-6(11)7-5-9(2)3-4-12-8(9)10-7/h3-5,8,10H,1-2H3. The van der Waals surface area contributed by atoms with Gasteiger partial charge in [0.25, 0.3) is 0 Å². The minimum atomic E-state index is 0.0473. The van der Waals surface area contributed by atoms with Crippen LogP contribution in [0, 0.1) is 5.41 Å². The van der Waals surface area contributed by atoms with Crippen molar-refractivity contribution < 1.29 is 4.79 Å². The Labute approximate surface area is 76.1 Å². The molecule has 2 rings (SSSR count). The Morgan fingerprint density at radius 3 is 3.08 bits per heavy atom. The van der Waals surface area contributed by atoms with Crippen LogP contribution in [0.1, 0.15) is 13.8 Å². The number of carbonyl (C=O) groups excluding carboxylic acids is 1. The molecule has 2 aliphatic heterocycles. The molecule has 0 amide bonds. The highest BCUT2D eigenvalue weighted by atomic mass is 32.2. The zero-order valence-electron chi connectivity index (χ0n) is 7.13. The predicted molar refractivity (Wildman–Crippen MR) is 50.5 cm³/mol. The van der Waals surface area contributed by atoms with Gasteiger partial charge in [-0.2, -0.15) is 0 Å². The van der Waals surface area contributed by atoms with Crippen LogP contribution in [0.5, 0.6) is 0 Å². The molecule has 2 nitrogen and oxygen atoms in total. The molecule has 2 atom stereocenters. The second-order valence-electron chi connectivity index (χ2n) is 3.44. The second-order valence-corrected chi connectivity index (χ2v) is 4.46. The van der Waals surface area contributed by atoms with Crippen LogP contribution < -0.4 is 5.32 Å². The summed E-state index contributed by atoms with van der Waals surface area (Å²) >= 11 is 1.74. The lowest BCUT2D eigenvalue weighted by molar-refractivity contribution is -0.113. The summed E-state index contributed by atoms with van der Waals surface area (Å²) in [6, 6.07) is 0. The van der Waals surface area contributed by atoms with Gasteiger partial charge in [-0.25, -0.2) is 0 Å². The fraction of sp³-hybridized carbons (Fsp3) is 0.444. The minimum Gasteiger partial charge on any atom is -0.369 e. The second kappa shape index (κ2) is 2.39. The van der Waals surface area contributed by atoms with Gasteiger partial charge in [0.1, 0.15) is 0 Å². The number of allylic oxidation sites excluding steroid dienone is 1. The molecule has 0 aromatic carbocycles. The van der Waals surface area contributed by atoms with Gasteiger partial charge in [-0.15, -0.1) is 11.8 Å². The molecule has 64 valence electrons. The van der Waals surface area contributed by atoms with Gasteiger partial charge in [0.2, 0.25) is 0 Å². The Morgan fingerprint density at radius 1 is 1.75 bits per heavy atom. The summed E-state index contributed by atoms with van der Waals surface area (Å²) in [5.41, 5.74) is 0.811. The molecule has 0 radical (unpaired) electrons. The quantitative estimate of drug-likeness (QED) is 0.667. The van der Waals surface area contributed by atoms with Gasteiger partial charge < -0.3 is 5.32 Å². The van der Waals surface area contributed by atoms with Crippen LogP contribution in [0.4, 0.5) is 0 Å². The molecule has 2 aliphatic rings. The van der Waals surface area contributed by atoms with Gasteiger partial charge in [0.15, 0.2) is 5.78 Å². The third-order valence-electron chi connectivity index (χ3n) is 2.33. The van der Waals surface area contributed by atoms with Gasteiger partial charge >= 0.3 is 0 Å². The fourth-order valence-electron chi connectivity index (χ4n) is 1.51. The maximum Gasteiger partial charge on any atom is 0.175 e. The summed E-state index contributed by atoms with van der Waals surface area (Å²) in [5.74, 6) is 0.125. The van der Waals surface area contributed by atoms with E-state index in [0.29, 0.717) is 5.37 Å². The number of thioether (sulfide) groups is 1. The van der Waals surface area contributed by atoms with Crippen molar-refractivity contribution in [1.29, 1.82) is 0 Å². The molecule has 2 unspecified atom stereocenters. The number of rotatable bonds is 1. The molecule has 0 spiro atoms. The summed E-state index contributed by atoms with van der Waals surface area (Å²) in [5, 5.41) is 5.62. The molecule has 0 saturated carbocycles. The first-order chi connectivity index (χ1) is 5.62. The van der Waals surface area contributed by atoms with Crippen molar-refractivity contribution in [3.8, 4) is 0 Å². The van der Waals surface area contributed by atoms with Crippen molar-refractivity contribution in [2.45, 2.75) is 19.2 Å². The smallest absolute Gasteiger partial charge is 0.175 e. The Kier molecular flexibility index (Phi) is 1.58. The van der Waals surface area contributed by atoms with Crippen molar-refractivity contribution in [1.82, 2.24) is 5.32 Å². The van der Waals surface area contributed by atoms with Crippen molar-refractivity contribution in [2.24, 2.45) is 5.41 Å². The van der Waals surface area contributed by atoms with E-state index in [1.807, 2.05) is 6.08 Å². The first kappa shape index (κ1) is 7.92. The minimum absolute atomic E-state index is 0.0473. The van der Waals surface area contributed by atoms with E-state index in [9.17, 15) is 4.79 Å². The number of ketones is 1. The van der Waals surface area contributed by atoms with Crippen molar-refractivity contribution >= 4 is 17.5 Å². The van der Waals surface area contributed by atoms with E-state index in [0.717, 1.165) is 5.70 Å². The summed E-state index contributed by atoms with van der Waals surface area (Å²) in [4.78, 5) is 11.1. The molecule has 2 heterocycles. The summed E-state index contributed by atoms with van der Waals surface area (Å²) in [6.45, 7) is 3.73. The lowest BCUT2D eigenvalue weighted by Crippen LogP contribution is -2.29. The summed E-state index contributed by atoms with van der Waals surface area (Å²) in [6.07, 6.45) is 4.17. The van der Waals surface area contributed by atoms with Gasteiger partial charge in [0, 0.05) is 12.3 Å². The van der Waals surface area contributed by atoms with Gasteiger partial charge in [-0.05, 0) is 18.4 Å². The van der Waals surface area contributed by atoms with Gasteiger partial charge in [-0.1, -0.05) is 6.08 Å².